The highest BCUT2D eigenvalue weighted by Gasteiger charge is 2.11. The van der Waals surface area contributed by atoms with Crippen LogP contribution in [0.1, 0.15) is 5.56 Å². The first-order valence-corrected chi connectivity index (χ1v) is 7.97. The molecule has 1 aromatic heterocycles. The Morgan fingerprint density at radius 2 is 2.08 bits per heavy atom. The fourth-order valence-electron chi connectivity index (χ4n) is 2.06. The Hall–Kier alpha value is -2.65. The molecule has 0 atom stereocenters. The summed E-state index contributed by atoms with van der Waals surface area (Å²) < 4.78 is 2.64. The van der Waals surface area contributed by atoms with E-state index in [2.05, 4.69) is 31.2 Å². The summed E-state index contributed by atoms with van der Waals surface area (Å²) in [5.74, 6) is 0.536. The van der Waals surface area contributed by atoms with Crippen LogP contribution < -0.4 is 0 Å². The lowest BCUT2D eigenvalue weighted by molar-refractivity contribution is -0.384. The van der Waals surface area contributed by atoms with Gasteiger partial charge in [-0.05, 0) is 24.4 Å². The lowest BCUT2D eigenvalue weighted by Crippen LogP contribution is -1.96. The number of rotatable bonds is 4. The maximum Gasteiger partial charge on any atom is 0.270 e. The summed E-state index contributed by atoms with van der Waals surface area (Å²) in [5.41, 5.74) is 1.41. The summed E-state index contributed by atoms with van der Waals surface area (Å²) in [6, 6.07) is 13.7. The Bertz CT molecular complexity index is 995. The fraction of sp³-hybridized carbons (Fsp3) is 0. The van der Waals surface area contributed by atoms with Crippen LogP contribution >= 0.6 is 28.1 Å². The molecule has 9 heteroatoms. The number of non-ortho nitro benzene ring substituents is 1. The molecule has 0 amide bonds. The van der Waals surface area contributed by atoms with Crippen LogP contribution in [0.15, 0.2) is 58.1 Å². The number of halogens is 1. The minimum absolute atomic E-state index is 0.000711. The number of H-pyrrole nitrogens is 1. The number of hydrogen-bond donors (Lipinski definition) is 1. The van der Waals surface area contributed by atoms with E-state index in [1.165, 1.54) is 23.0 Å². The molecule has 0 aliphatic carbocycles. The van der Waals surface area contributed by atoms with Gasteiger partial charge in [0, 0.05) is 27.7 Å². The molecule has 3 rings (SSSR count). The van der Waals surface area contributed by atoms with E-state index >= 15 is 0 Å². The van der Waals surface area contributed by atoms with Crippen molar-refractivity contribution in [1.82, 2.24) is 14.9 Å². The summed E-state index contributed by atoms with van der Waals surface area (Å²) in [6.45, 7) is 0. The quantitative estimate of drug-likeness (QED) is 0.306. The van der Waals surface area contributed by atoms with Gasteiger partial charge in [-0.25, -0.2) is 5.10 Å². The van der Waals surface area contributed by atoms with Crippen LogP contribution in [0.25, 0.3) is 11.4 Å². The second-order valence-electron chi connectivity index (χ2n) is 4.74. The Morgan fingerprint density at radius 3 is 2.83 bits per heavy atom. The van der Waals surface area contributed by atoms with Crippen LogP contribution in [0.4, 0.5) is 5.69 Å². The summed E-state index contributed by atoms with van der Waals surface area (Å²) in [6.07, 6.45) is 1.50. The third kappa shape index (κ3) is 3.31. The largest absolute Gasteiger partial charge is 0.270 e. The van der Waals surface area contributed by atoms with Crippen molar-refractivity contribution in [2.75, 3.05) is 0 Å². The molecule has 1 N–H and O–H groups in total. The molecule has 0 fully saturated rings. The first-order chi connectivity index (χ1) is 11.6. The zero-order valence-electron chi connectivity index (χ0n) is 12.1. The van der Waals surface area contributed by atoms with Crippen molar-refractivity contribution in [3.05, 3.63) is 73.5 Å². The lowest BCUT2D eigenvalue weighted by Gasteiger charge is -2.03. The van der Waals surface area contributed by atoms with Gasteiger partial charge in [-0.3, -0.25) is 10.1 Å². The van der Waals surface area contributed by atoms with Gasteiger partial charge in [-0.1, -0.05) is 40.2 Å². The van der Waals surface area contributed by atoms with Crippen molar-refractivity contribution < 1.29 is 4.92 Å². The van der Waals surface area contributed by atoms with Crippen molar-refractivity contribution >= 4 is 40.0 Å². The topological polar surface area (TPSA) is 89.1 Å². The van der Waals surface area contributed by atoms with Crippen LogP contribution in [-0.4, -0.2) is 26.0 Å². The number of benzene rings is 2. The second kappa shape index (κ2) is 6.85. The molecule has 120 valence electrons. The number of hydrogen-bond acceptors (Lipinski definition) is 5. The Labute approximate surface area is 149 Å². The van der Waals surface area contributed by atoms with Crippen LogP contribution in [0, 0.1) is 14.9 Å². The summed E-state index contributed by atoms with van der Waals surface area (Å²) in [7, 11) is 0. The van der Waals surface area contributed by atoms with Gasteiger partial charge in [0.05, 0.1) is 11.1 Å². The van der Waals surface area contributed by atoms with Gasteiger partial charge in [-0.15, -0.1) is 0 Å². The van der Waals surface area contributed by atoms with Gasteiger partial charge < -0.3 is 0 Å². The highest BCUT2D eigenvalue weighted by molar-refractivity contribution is 9.10. The first kappa shape index (κ1) is 16.2. The Morgan fingerprint density at radius 1 is 1.29 bits per heavy atom. The second-order valence-corrected chi connectivity index (χ2v) is 5.98. The molecule has 7 nitrogen and oxygen atoms in total. The first-order valence-electron chi connectivity index (χ1n) is 6.77. The maximum atomic E-state index is 10.8. The third-order valence-corrected chi connectivity index (χ3v) is 4.12. The molecule has 0 spiro atoms. The molecule has 0 unspecified atom stereocenters. The predicted octanol–water partition coefficient (Wildman–Crippen LogP) is 4.16. The van der Waals surface area contributed by atoms with Crippen molar-refractivity contribution in [3.8, 4) is 11.4 Å². The number of nitro benzene ring substituents is 1. The SMILES string of the molecule is O=[N+]([O-])c1cccc(C=Nn2c(-c3ccccc3Br)n[nH]c2=S)c1. The van der Waals surface area contributed by atoms with Gasteiger partial charge >= 0.3 is 0 Å². The van der Waals surface area contributed by atoms with Gasteiger partial charge in [-0.2, -0.15) is 14.9 Å². The van der Waals surface area contributed by atoms with E-state index in [4.69, 9.17) is 12.2 Å². The molecule has 0 bridgehead atoms. The lowest BCUT2D eigenvalue weighted by atomic mass is 10.2. The molecule has 0 radical (unpaired) electrons. The molecule has 0 saturated heterocycles. The third-order valence-electron chi connectivity index (χ3n) is 3.17. The van der Waals surface area contributed by atoms with E-state index in [-0.39, 0.29) is 5.69 Å². The minimum Gasteiger partial charge on any atom is -0.258 e. The Kier molecular flexibility index (Phi) is 4.63. The number of nitro groups is 1. The summed E-state index contributed by atoms with van der Waals surface area (Å²) >= 11 is 8.68. The molecule has 2 aromatic carbocycles. The number of aromatic amines is 1. The number of nitrogens with one attached hydrogen (secondary N) is 1. The van der Waals surface area contributed by atoms with E-state index < -0.39 is 4.92 Å². The molecule has 3 aromatic rings. The van der Waals surface area contributed by atoms with Crippen molar-refractivity contribution in [3.63, 3.8) is 0 Å². The van der Waals surface area contributed by atoms with Crippen LogP contribution in [0.3, 0.4) is 0 Å². The molecule has 0 aliphatic rings. The molecule has 24 heavy (non-hydrogen) atoms. The average molecular weight is 404 g/mol. The fourth-order valence-corrected chi connectivity index (χ4v) is 2.70. The zero-order valence-corrected chi connectivity index (χ0v) is 14.5. The van der Waals surface area contributed by atoms with E-state index in [1.807, 2.05) is 24.3 Å². The van der Waals surface area contributed by atoms with E-state index in [0.29, 0.717) is 16.2 Å². The molecular weight excluding hydrogens is 394 g/mol. The van der Waals surface area contributed by atoms with Crippen LogP contribution in [0.2, 0.25) is 0 Å². The van der Waals surface area contributed by atoms with Crippen LogP contribution in [-0.2, 0) is 0 Å². The zero-order chi connectivity index (χ0) is 17.1. The predicted molar refractivity (Wildman–Crippen MR) is 96.6 cm³/mol. The number of nitrogens with zero attached hydrogens (tertiary/aromatic N) is 4. The van der Waals surface area contributed by atoms with E-state index in [9.17, 15) is 10.1 Å². The number of aromatic nitrogens is 3. The van der Waals surface area contributed by atoms with Crippen LogP contribution in [0.5, 0.6) is 0 Å². The summed E-state index contributed by atoms with van der Waals surface area (Å²) in [5, 5.41) is 22.0. The average Bonchev–Trinajstić information content (AvgIpc) is 2.94. The highest BCUT2D eigenvalue weighted by atomic mass is 79.9. The maximum absolute atomic E-state index is 10.8. The molecule has 0 aliphatic heterocycles. The van der Waals surface area contributed by atoms with Gasteiger partial charge in [0.2, 0.25) is 4.77 Å². The van der Waals surface area contributed by atoms with E-state index in [0.717, 1.165) is 10.0 Å². The summed E-state index contributed by atoms with van der Waals surface area (Å²) in [4.78, 5) is 10.4. The standard InChI is InChI=1S/C15H10BrN5O2S/c16-13-7-2-1-6-12(13)14-18-19-15(24)20(14)17-9-10-4-3-5-11(8-10)21(22)23/h1-9H,(H,19,24). The normalized spacial score (nSPS) is 11.0. The van der Waals surface area contributed by atoms with Crippen molar-refractivity contribution in [2.45, 2.75) is 0 Å². The van der Waals surface area contributed by atoms with Gasteiger partial charge in [0.1, 0.15) is 0 Å². The van der Waals surface area contributed by atoms with Gasteiger partial charge in [0.15, 0.2) is 5.82 Å². The Balaban J connectivity index is 2.01. The van der Waals surface area contributed by atoms with Crippen molar-refractivity contribution in [1.29, 1.82) is 0 Å². The highest BCUT2D eigenvalue weighted by Crippen LogP contribution is 2.26. The molecule has 0 saturated carbocycles. The van der Waals surface area contributed by atoms with Gasteiger partial charge in [0.25, 0.3) is 5.69 Å². The molecule has 1 heterocycles. The smallest absolute Gasteiger partial charge is 0.258 e. The van der Waals surface area contributed by atoms with E-state index in [1.54, 1.807) is 12.1 Å². The minimum atomic E-state index is -0.451. The molecular formula is C15H10BrN5O2S. The van der Waals surface area contributed by atoms with Crippen molar-refractivity contribution in [2.24, 2.45) is 5.10 Å². The monoisotopic (exact) mass is 403 g/mol.